The SMILES string of the molecule is CC.COC(=O)CC(CC(=O)N(C)c1ccccc1)c1noc(-c2noc(C)n2)c1C. The highest BCUT2D eigenvalue weighted by molar-refractivity contribution is 5.93. The van der Waals surface area contributed by atoms with Gasteiger partial charge in [0.05, 0.1) is 19.2 Å². The minimum Gasteiger partial charge on any atom is -0.469 e. The Bertz CT molecular complexity index is 997. The molecule has 9 heteroatoms. The van der Waals surface area contributed by atoms with E-state index in [0.29, 0.717) is 22.9 Å². The van der Waals surface area contributed by atoms with E-state index in [-0.39, 0.29) is 24.6 Å². The molecule has 0 radical (unpaired) electrons. The molecule has 1 atom stereocenters. The van der Waals surface area contributed by atoms with E-state index in [2.05, 4.69) is 15.3 Å². The molecule has 0 saturated carbocycles. The number of esters is 1. The summed E-state index contributed by atoms with van der Waals surface area (Å²) in [4.78, 5) is 30.5. The molecule has 1 amide bonds. The fraction of sp³-hybridized carbons (Fsp3) is 0.409. The van der Waals surface area contributed by atoms with Crippen molar-refractivity contribution >= 4 is 17.6 Å². The van der Waals surface area contributed by atoms with E-state index in [9.17, 15) is 9.59 Å². The molecule has 1 unspecified atom stereocenters. The summed E-state index contributed by atoms with van der Waals surface area (Å²) in [7, 11) is 3.00. The third kappa shape index (κ3) is 5.78. The van der Waals surface area contributed by atoms with Crippen molar-refractivity contribution in [1.82, 2.24) is 15.3 Å². The highest BCUT2D eigenvalue weighted by Gasteiger charge is 2.29. The lowest BCUT2D eigenvalue weighted by molar-refractivity contribution is -0.141. The number of methoxy groups -OCH3 is 1. The first-order valence-corrected chi connectivity index (χ1v) is 10.1. The smallest absolute Gasteiger partial charge is 0.306 e. The number of hydrogen-bond acceptors (Lipinski definition) is 8. The average Bonchev–Trinajstić information content (AvgIpc) is 3.39. The van der Waals surface area contributed by atoms with Gasteiger partial charge in [-0.05, 0) is 19.1 Å². The molecule has 2 heterocycles. The number of hydrogen-bond donors (Lipinski definition) is 0. The number of nitrogens with zero attached hydrogens (tertiary/aromatic N) is 4. The van der Waals surface area contributed by atoms with Crippen molar-refractivity contribution in [2.75, 3.05) is 19.1 Å². The average molecular weight is 428 g/mol. The molecule has 166 valence electrons. The summed E-state index contributed by atoms with van der Waals surface area (Å²) in [6.45, 7) is 7.45. The molecule has 0 fully saturated rings. The summed E-state index contributed by atoms with van der Waals surface area (Å²) in [5.41, 5.74) is 1.90. The maximum absolute atomic E-state index is 12.9. The summed E-state index contributed by atoms with van der Waals surface area (Å²) >= 11 is 0. The second-order valence-electron chi connectivity index (χ2n) is 6.63. The lowest BCUT2D eigenvalue weighted by Crippen LogP contribution is -2.28. The Morgan fingerprint density at radius 2 is 1.74 bits per heavy atom. The van der Waals surface area contributed by atoms with Crippen LogP contribution in [0.3, 0.4) is 0 Å². The molecule has 31 heavy (non-hydrogen) atoms. The van der Waals surface area contributed by atoms with Crippen LogP contribution in [0.15, 0.2) is 39.4 Å². The Balaban J connectivity index is 0.00000166. The number of carbonyl (C=O) groups excluding carboxylic acids is 2. The van der Waals surface area contributed by atoms with Crippen molar-refractivity contribution in [2.24, 2.45) is 0 Å². The Morgan fingerprint density at radius 3 is 2.32 bits per heavy atom. The monoisotopic (exact) mass is 428 g/mol. The first-order valence-electron chi connectivity index (χ1n) is 10.1. The molecular formula is C22H28N4O5. The van der Waals surface area contributed by atoms with Crippen LogP contribution in [-0.4, -0.2) is 41.3 Å². The summed E-state index contributed by atoms with van der Waals surface area (Å²) < 4.78 is 15.2. The summed E-state index contributed by atoms with van der Waals surface area (Å²) in [6, 6.07) is 9.26. The van der Waals surface area contributed by atoms with Gasteiger partial charge in [0.25, 0.3) is 0 Å². The number of benzene rings is 1. The zero-order chi connectivity index (χ0) is 23.0. The van der Waals surface area contributed by atoms with Crippen molar-refractivity contribution in [3.63, 3.8) is 0 Å². The normalized spacial score (nSPS) is 11.3. The van der Waals surface area contributed by atoms with Crippen LogP contribution in [0.1, 0.15) is 49.8 Å². The number of carbonyl (C=O) groups is 2. The quantitative estimate of drug-likeness (QED) is 0.518. The van der Waals surface area contributed by atoms with Crippen LogP contribution in [0.5, 0.6) is 0 Å². The van der Waals surface area contributed by atoms with Gasteiger partial charge in [-0.1, -0.05) is 42.4 Å². The maximum atomic E-state index is 12.9. The van der Waals surface area contributed by atoms with Gasteiger partial charge in [-0.3, -0.25) is 9.59 Å². The molecule has 0 spiro atoms. The molecule has 0 aliphatic heterocycles. The number of aromatic nitrogens is 3. The predicted octanol–water partition coefficient (Wildman–Crippen LogP) is 4.07. The number of anilines is 1. The topological polar surface area (TPSA) is 112 Å². The predicted molar refractivity (Wildman–Crippen MR) is 114 cm³/mol. The third-order valence-electron chi connectivity index (χ3n) is 4.66. The second kappa shape index (κ2) is 11.1. The Morgan fingerprint density at radius 1 is 1.06 bits per heavy atom. The van der Waals surface area contributed by atoms with Gasteiger partial charge in [-0.15, -0.1) is 0 Å². The van der Waals surface area contributed by atoms with Gasteiger partial charge < -0.3 is 18.7 Å². The van der Waals surface area contributed by atoms with E-state index in [4.69, 9.17) is 13.8 Å². The van der Waals surface area contributed by atoms with Crippen LogP contribution in [0.2, 0.25) is 0 Å². The van der Waals surface area contributed by atoms with Crippen LogP contribution < -0.4 is 4.90 Å². The highest BCUT2D eigenvalue weighted by atomic mass is 16.5. The number of aryl methyl sites for hydroxylation is 1. The lowest BCUT2D eigenvalue weighted by Gasteiger charge is -2.20. The van der Waals surface area contributed by atoms with E-state index in [1.54, 1.807) is 25.8 Å². The van der Waals surface area contributed by atoms with Gasteiger partial charge in [0, 0.05) is 37.6 Å². The van der Waals surface area contributed by atoms with Crippen molar-refractivity contribution < 1.29 is 23.4 Å². The van der Waals surface area contributed by atoms with Crippen molar-refractivity contribution in [1.29, 1.82) is 0 Å². The molecule has 0 aliphatic rings. The van der Waals surface area contributed by atoms with Crippen molar-refractivity contribution in [3.8, 4) is 11.6 Å². The van der Waals surface area contributed by atoms with Gasteiger partial charge in [0.1, 0.15) is 0 Å². The van der Waals surface area contributed by atoms with Crippen LogP contribution in [0, 0.1) is 13.8 Å². The number of para-hydroxylation sites is 1. The first kappa shape index (κ1) is 23.8. The molecule has 3 rings (SSSR count). The first-order chi connectivity index (χ1) is 14.9. The van der Waals surface area contributed by atoms with E-state index in [1.165, 1.54) is 7.11 Å². The molecule has 0 N–H and O–H groups in total. The number of ether oxygens (including phenoxy) is 1. The van der Waals surface area contributed by atoms with Gasteiger partial charge in [-0.2, -0.15) is 4.98 Å². The van der Waals surface area contributed by atoms with Crippen LogP contribution in [0.25, 0.3) is 11.6 Å². The lowest BCUT2D eigenvalue weighted by atomic mass is 9.93. The Hall–Kier alpha value is -3.49. The molecule has 1 aromatic carbocycles. The molecule has 3 aromatic rings. The van der Waals surface area contributed by atoms with Gasteiger partial charge in [-0.25, -0.2) is 0 Å². The Labute approximate surface area is 181 Å². The summed E-state index contributed by atoms with van der Waals surface area (Å²) in [6.07, 6.45) is 0.0432. The van der Waals surface area contributed by atoms with Crippen molar-refractivity contribution in [2.45, 2.75) is 46.5 Å². The Kier molecular flexibility index (Phi) is 8.48. The zero-order valence-electron chi connectivity index (χ0n) is 18.7. The van der Waals surface area contributed by atoms with Crippen molar-refractivity contribution in [3.05, 3.63) is 47.5 Å². The van der Waals surface area contributed by atoms with Crippen LogP contribution in [-0.2, 0) is 14.3 Å². The van der Waals surface area contributed by atoms with Gasteiger partial charge in [0.15, 0.2) is 0 Å². The minimum atomic E-state index is -0.522. The van der Waals surface area contributed by atoms with Crippen LogP contribution >= 0.6 is 0 Å². The van der Waals surface area contributed by atoms with E-state index < -0.39 is 11.9 Å². The maximum Gasteiger partial charge on any atom is 0.306 e. The van der Waals surface area contributed by atoms with E-state index in [1.807, 2.05) is 44.2 Å². The fourth-order valence-electron chi connectivity index (χ4n) is 3.02. The molecule has 0 saturated heterocycles. The minimum absolute atomic E-state index is 0.0110. The van der Waals surface area contributed by atoms with Gasteiger partial charge >= 0.3 is 5.97 Å². The molecule has 9 nitrogen and oxygen atoms in total. The number of amides is 1. The van der Waals surface area contributed by atoms with E-state index in [0.717, 1.165) is 5.69 Å². The largest absolute Gasteiger partial charge is 0.469 e. The number of rotatable bonds is 7. The molecule has 2 aromatic heterocycles. The standard InChI is InChI=1S/C20H22N4O5.C2H6/c1-12-18(22-29-19(12)20-21-13(2)28-23-20)14(11-17(26)27-4)10-16(25)24(3)15-8-6-5-7-9-15;1-2/h5-9,14H,10-11H2,1-4H3;1-2H3. The fourth-order valence-corrected chi connectivity index (χ4v) is 3.02. The summed E-state index contributed by atoms with van der Waals surface area (Å²) in [5, 5.41) is 7.94. The molecular weight excluding hydrogens is 400 g/mol. The zero-order valence-corrected chi connectivity index (χ0v) is 18.7. The third-order valence-corrected chi connectivity index (χ3v) is 4.66. The summed E-state index contributed by atoms with van der Waals surface area (Å²) in [5.74, 6) is -0.123. The van der Waals surface area contributed by atoms with E-state index >= 15 is 0 Å². The highest BCUT2D eigenvalue weighted by Crippen LogP contribution is 2.32. The molecule has 0 bridgehead atoms. The second-order valence-corrected chi connectivity index (χ2v) is 6.63. The molecule has 0 aliphatic carbocycles. The van der Waals surface area contributed by atoms with Crippen LogP contribution in [0.4, 0.5) is 5.69 Å². The van der Waals surface area contributed by atoms with Gasteiger partial charge in [0.2, 0.25) is 23.4 Å².